The van der Waals surface area contributed by atoms with Crippen LogP contribution in [0.2, 0.25) is 0 Å². The number of nitrogens with zero attached hydrogens (tertiary/aromatic N) is 6. The Hall–Kier alpha value is -2.09. The van der Waals surface area contributed by atoms with Crippen molar-refractivity contribution in [2.24, 2.45) is 7.05 Å². The van der Waals surface area contributed by atoms with Crippen molar-refractivity contribution in [3.8, 4) is 11.6 Å². The standard InChI is InChI=1S/C12H14N6OS/c1-3-18-11(10-5-4-6-19-10)14-15-12(18)20-8-9-7-13-17(2)16-9/h4-7H,3,8H2,1-2H3. The van der Waals surface area contributed by atoms with Crippen LogP contribution < -0.4 is 0 Å². The predicted molar refractivity (Wildman–Crippen MR) is 74.0 cm³/mol. The molecule has 20 heavy (non-hydrogen) atoms. The molecule has 0 atom stereocenters. The van der Waals surface area contributed by atoms with Crippen molar-refractivity contribution in [1.29, 1.82) is 0 Å². The monoisotopic (exact) mass is 290 g/mol. The van der Waals surface area contributed by atoms with Crippen LogP contribution in [0.15, 0.2) is 34.2 Å². The Morgan fingerprint density at radius 3 is 2.90 bits per heavy atom. The van der Waals surface area contributed by atoms with Gasteiger partial charge < -0.3 is 4.42 Å². The minimum atomic E-state index is 0.712. The molecule has 0 saturated carbocycles. The summed E-state index contributed by atoms with van der Waals surface area (Å²) in [5.74, 6) is 2.19. The van der Waals surface area contributed by atoms with Gasteiger partial charge in [0.05, 0.1) is 18.2 Å². The molecule has 3 heterocycles. The van der Waals surface area contributed by atoms with E-state index in [1.54, 1.807) is 36.1 Å². The second-order valence-corrected chi connectivity index (χ2v) is 5.08. The van der Waals surface area contributed by atoms with Gasteiger partial charge in [0.2, 0.25) is 0 Å². The summed E-state index contributed by atoms with van der Waals surface area (Å²) < 4.78 is 7.41. The second kappa shape index (κ2) is 5.49. The van der Waals surface area contributed by atoms with Crippen LogP contribution >= 0.6 is 11.8 Å². The highest BCUT2D eigenvalue weighted by Gasteiger charge is 2.15. The smallest absolute Gasteiger partial charge is 0.200 e. The number of aryl methyl sites for hydroxylation is 1. The molecule has 0 aromatic carbocycles. The SMILES string of the molecule is CCn1c(SCc2cnn(C)n2)nnc1-c1ccco1. The fourth-order valence-electron chi connectivity index (χ4n) is 1.86. The van der Waals surface area contributed by atoms with Gasteiger partial charge >= 0.3 is 0 Å². The first-order valence-electron chi connectivity index (χ1n) is 6.23. The molecule has 104 valence electrons. The number of hydrogen-bond donors (Lipinski definition) is 0. The number of furan rings is 1. The maximum Gasteiger partial charge on any atom is 0.200 e. The van der Waals surface area contributed by atoms with Crippen molar-refractivity contribution in [3.05, 3.63) is 30.3 Å². The highest BCUT2D eigenvalue weighted by atomic mass is 32.2. The van der Waals surface area contributed by atoms with Crippen molar-refractivity contribution in [2.75, 3.05) is 0 Å². The first kappa shape index (κ1) is 12.9. The molecule has 0 spiro atoms. The summed E-state index contributed by atoms with van der Waals surface area (Å²) in [4.78, 5) is 1.55. The van der Waals surface area contributed by atoms with E-state index in [1.807, 2.05) is 16.7 Å². The fourth-order valence-corrected chi connectivity index (χ4v) is 2.74. The summed E-state index contributed by atoms with van der Waals surface area (Å²) in [6.07, 6.45) is 3.39. The molecule has 0 unspecified atom stereocenters. The first-order valence-corrected chi connectivity index (χ1v) is 7.21. The molecule has 0 amide bonds. The molecule has 0 fully saturated rings. The summed E-state index contributed by atoms with van der Waals surface area (Å²) >= 11 is 1.59. The van der Waals surface area contributed by atoms with Crippen LogP contribution in [0, 0.1) is 0 Å². The maximum atomic E-state index is 5.38. The number of thioether (sulfide) groups is 1. The summed E-state index contributed by atoms with van der Waals surface area (Å²) in [6, 6.07) is 3.73. The van der Waals surface area contributed by atoms with Gasteiger partial charge in [0.25, 0.3) is 0 Å². The van der Waals surface area contributed by atoms with Crippen LogP contribution in [0.1, 0.15) is 12.6 Å². The minimum Gasteiger partial charge on any atom is -0.461 e. The third-order valence-corrected chi connectivity index (χ3v) is 3.77. The molecule has 3 aromatic heterocycles. The van der Waals surface area contributed by atoms with Gasteiger partial charge in [-0.15, -0.1) is 10.2 Å². The molecule has 0 radical (unpaired) electrons. The Bertz CT molecular complexity index is 687. The van der Waals surface area contributed by atoms with E-state index in [0.29, 0.717) is 5.75 Å². The highest BCUT2D eigenvalue weighted by molar-refractivity contribution is 7.98. The second-order valence-electron chi connectivity index (χ2n) is 4.14. The van der Waals surface area contributed by atoms with Crippen molar-refractivity contribution in [2.45, 2.75) is 24.4 Å². The maximum absolute atomic E-state index is 5.38. The van der Waals surface area contributed by atoms with Crippen molar-refractivity contribution >= 4 is 11.8 Å². The lowest BCUT2D eigenvalue weighted by atomic mass is 10.4. The topological polar surface area (TPSA) is 74.6 Å². The summed E-state index contributed by atoms with van der Waals surface area (Å²) in [5, 5.41) is 17.6. The van der Waals surface area contributed by atoms with Crippen molar-refractivity contribution < 1.29 is 4.42 Å². The van der Waals surface area contributed by atoms with Gasteiger partial charge in [-0.2, -0.15) is 15.0 Å². The van der Waals surface area contributed by atoms with E-state index < -0.39 is 0 Å². The van der Waals surface area contributed by atoms with Gasteiger partial charge in [0.15, 0.2) is 16.7 Å². The largest absolute Gasteiger partial charge is 0.461 e. The molecule has 3 rings (SSSR count). The van der Waals surface area contributed by atoms with Crippen LogP contribution in [0.3, 0.4) is 0 Å². The Balaban J connectivity index is 1.80. The molecule has 0 bridgehead atoms. The third kappa shape index (κ3) is 2.46. The zero-order valence-corrected chi connectivity index (χ0v) is 12.0. The van der Waals surface area contributed by atoms with Gasteiger partial charge in [-0.3, -0.25) is 4.57 Å². The fraction of sp³-hybridized carbons (Fsp3) is 0.333. The normalized spacial score (nSPS) is 11.1. The van der Waals surface area contributed by atoms with E-state index in [0.717, 1.165) is 29.0 Å². The summed E-state index contributed by atoms with van der Waals surface area (Å²) in [7, 11) is 1.80. The number of aromatic nitrogens is 6. The first-order chi connectivity index (χ1) is 9.78. The molecule has 0 N–H and O–H groups in total. The van der Waals surface area contributed by atoms with E-state index in [4.69, 9.17) is 4.42 Å². The lowest BCUT2D eigenvalue weighted by molar-refractivity contribution is 0.567. The lowest BCUT2D eigenvalue weighted by Crippen LogP contribution is -1.99. The van der Waals surface area contributed by atoms with E-state index in [9.17, 15) is 0 Å². The number of hydrogen-bond acceptors (Lipinski definition) is 6. The zero-order valence-electron chi connectivity index (χ0n) is 11.2. The van der Waals surface area contributed by atoms with Crippen LogP contribution in [0.25, 0.3) is 11.6 Å². The van der Waals surface area contributed by atoms with Gasteiger partial charge in [-0.05, 0) is 19.1 Å². The van der Waals surface area contributed by atoms with Gasteiger partial charge in [-0.25, -0.2) is 0 Å². The number of rotatable bonds is 5. The molecule has 3 aromatic rings. The van der Waals surface area contributed by atoms with E-state index in [1.165, 1.54) is 0 Å². The molecular formula is C12H14N6OS. The molecule has 0 saturated heterocycles. The average Bonchev–Trinajstić information content (AvgIpc) is 3.16. The molecule has 8 heteroatoms. The van der Waals surface area contributed by atoms with Crippen LogP contribution in [-0.2, 0) is 19.3 Å². The van der Waals surface area contributed by atoms with Crippen molar-refractivity contribution in [3.63, 3.8) is 0 Å². The average molecular weight is 290 g/mol. The summed E-state index contributed by atoms with van der Waals surface area (Å²) in [5.41, 5.74) is 0.919. The van der Waals surface area contributed by atoms with Crippen LogP contribution in [0.4, 0.5) is 0 Å². The lowest BCUT2D eigenvalue weighted by Gasteiger charge is -2.04. The van der Waals surface area contributed by atoms with Gasteiger partial charge in [-0.1, -0.05) is 11.8 Å². The van der Waals surface area contributed by atoms with Gasteiger partial charge in [0.1, 0.15) is 0 Å². The highest BCUT2D eigenvalue weighted by Crippen LogP contribution is 2.25. The Labute approximate surface area is 120 Å². The van der Waals surface area contributed by atoms with E-state index in [-0.39, 0.29) is 0 Å². The third-order valence-electron chi connectivity index (χ3n) is 2.77. The molecular weight excluding hydrogens is 276 g/mol. The zero-order chi connectivity index (χ0) is 13.9. The van der Waals surface area contributed by atoms with E-state index in [2.05, 4.69) is 27.3 Å². The van der Waals surface area contributed by atoms with Gasteiger partial charge in [0, 0.05) is 19.3 Å². The summed E-state index contributed by atoms with van der Waals surface area (Å²) in [6.45, 7) is 2.84. The van der Waals surface area contributed by atoms with Crippen LogP contribution in [0.5, 0.6) is 0 Å². The Kier molecular flexibility index (Phi) is 3.55. The molecule has 7 nitrogen and oxygen atoms in total. The van der Waals surface area contributed by atoms with Crippen molar-refractivity contribution in [1.82, 2.24) is 29.8 Å². The Morgan fingerprint density at radius 1 is 1.35 bits per heavy atom. The minimum absolute atomic E-state index is 0.712. The van der Waals surface area contributed by atoms with E-state index >= 15 is 0 Å². The quantitative estimate of drug-likeness (QED) is 0.669. The molecule has 0 aliphatic carbocycles. The predicted octanol–water partition coefficient (Wildman–Crippen LogP) is 1.98. The molecule has 0 aliphatic heterocycles. The van der Waals surface area contributed by atoms with Crippen LogP contribution in [-0.4, -0.2) is 29.8 Å². The Morgan fingerprint density at radius 2 is 2.25 bits per heavy atom. The molecule has 0 aliphatic rings.